The third kappa shape index (κ3) is 4.20. The van der Waals surface area contributed by atoms with Gasteiger partial charge in [0.15, 0.2) is 5.82 Å². The van der Waals surface area contributed by atoms with Crippen LogP contribution >= 0.6 is 0 Å². The molecule has 0 aromatic carbocycles. The molecule has 2 rings (SSSR count). The third-order valence-corrected chi connectivity index (χ3v) is 5.61. The molecule has 1 saturated carbocycles. The lowest BCUT2D eigenvalue weighted by atomic mass is 10.0. The molecule has 21 heavy (non-hydrogen) atoms. The number of nitrogen functional groups attached to an aromatic ring is 1. The van der Waals surface area contributed by atoms with Crippen LogP contribution in [0, 0.1) is 5.92 Å². The predicted molar refractivity (Wildman–Crippen MR) is 83.3 cm³/mol. The van der Waals surface area contributed by atoms with E-state index >= 15 is 0 Å². The fraction of sp³-hybridized carbons (Fsp3) is 0.786. The van der Waals surface area contributed by atoms with Crippen LogP contribution in [-0.2, 0) is 16.6 Å². The highest BCUT2D eigenvalue weighted by Gasteiger charge is 2.26. The molecule has 6 nitrogen and oxygen atoms in total. The van der Waals surface area contributed by atoms with Gasteiger partial charge < -0.3 is 5.73 Å². The summed E-state index contributed by atoms with van der Waals surface area (Å²) in [6, 6.07) is 0.00822. The molecular weight excluding hydrogens is 288 g/mol. The van der Waals surface area contributed by atoms with E-state index in [-0.39, 0.29) is 16.8 Å². The van der Waals surface area contributed by atoms with Crippen LogP contribution in [0.4, 0.5) is 5.82 Å². The summed E-state index contributed by atoms with van der Waals surface area (Å²) in [4.78, 5) is 0.105. The quantitative estimate of drug-likeness (QED) is 0.815. The number of rotatable bonds is 5. The van der Waals surface area contributed by atoms with Crippen LogP contribution in [-0.4, -0.2) is 24.2 Å². The SMILES string of the molecule is CCCn1cc(S(=O)(=O)NC2CCCC(C)CC2)c(N)n1. The molecule has 0 bridgehead atoms. The first-order chi connectivity index (χ1) is 9.92. The van der Waals surface area contributed by atoms with Gasteiger partial charge in [0, 0.05) is 18.8 Å². The number of nitrogens with two attached hydrogens (primary N) is 1. The molecule has 1 aliphatic carbocycles. The van der Waals surface area contributed by atoms with Gasteiger partial charge in [-0.2, -0.15) is 5.10 Å². The van der Waals surface area contributed by atoms with Crippen LogP contribution in [0.2, 0.25) is 0 Å². The first kappa shape index (κ1) is 16.3. The van der Waals surface area contributed by atoms with Gasteiger partial charge in [-0.3, -0.25) is 4.68 Å². The average Bonchev–Trinajstić information content (AvgIpc) is 2.66. The van der Waals surface area contributed by atoms with Crippen LogP contribution in [0.1, 0.15) is 52.4 Å². The zero-order valence-corrected chi connectivity index (χ0v) is 13.7. The Hall–Kier alpha value is -1.08. The van der Waals surface area contributed by atoms with Gasteiger partial charge in [0.05, 0.1) is 0 Å². The minimum Gasteiger partial charge on any atom is -0.381 e. The van der Waals surface area contributed by atoms with Gasteiger partial charge >= 0.3 is 0 Å². The highest BCUT2D eigenvalue weighted by atomic mass is 32.2. The molecule has 1 fully saturated rings. The Kier molecular flexibility index (Phi) is 5.27. The van der Waals surface area contributed by atoms with Gasteiger partial charge in [-0.25, -0.2) is 13.1 Å². The van der Waals surface area contributed by atoms with E-state index in [1.807, 2.05) is 6.92 Å². The number of nitrogens with zero attached hydrogens (tertiary/aromatic N) is 2. The van der Waals surface area contributed by atoms with Crippen LogP contribution in [0.15, 0.2) is 11.1 Å². The van der Waals surface area contributed by atoms with Gasteiger partial charge in [0.2, 0.25) is 10.0 Å². The lowest BCUT2D eigenvalue weighted by Crippen LogP contribution is -2.34. The molecule has 0 aliphatic heterocycles. The zero-order valence-electron chi connectivity index (χ0n) is 12.9. The van der Waals surface area contributed by atoms with Crippen molar-refractivity contribution in [2.45, 2.75) is 69.9 Å². The molecule has 1 aromatic heterocycles. The summed E-state index contributed by atoms with van der Waals surface area (Å²) in [6.07, 6.45) is 7.51. The van der Waals surface area contributed by atoms with Gasteiger partial charge in [-0.1, -0.05) is 26.7 Å². The van der Waals surface area contributed by atoms with Crippen molar-refractivity contribution in [2.24, 2.45) is 5.92 Å². The van der Waals surface area contributed by atoms with E-state index in [0.29, 0.717) is 12.5 Å². The Labute approximate surface area is 127 Å². The zero-order chi connectivity index (χ0) is 15.5. The first-order valence-electron chi connectivity index (χ1n) is 7.77. The second-order valence-corrected chi connectivity index (χ2v) is 7.76. The summed E-state index contributed by atoms with van der Waals surface area (Å²) in [6.45, 7) is 4.90. The Bertz CT molecular complexity index is 568. The molecular formula is C14H26N4O2S. The van der Waals surface area contributed by atoms with Crippen molar-refractivity contribution in [3.05, 3.63) is 6.20 Å². The maximum Gasteiger partial charge on any atom is 0.246 e. The third-order valence-electron chi connectivity index (χ3n) is 4.08. The molecule has 1 aliphatic rings. The van der Waals surface area contributed by atoms with E-state index in [1.54, 1.807) is 4.68 Å². The monoisotopic (exact) mass is 314 g/mol. The molecule has 0 spiro atoms. The van der Waals surface area contributed by atoms with Crippen molar-refractivity contribution in [2.75, 3.05) is 5.73 Å². The molecule has 2 unspecified atom stereocenters. The van der Waals surface area contributed by atoms with Gasteiger partial charge in [-0.15, -0.1) is 0 Å². The Morgan fingerprint density at radius 3 is 2.86 bits per heavy atom. The van der Waals surface area contributed by atoms with E-state index in [1.165, 1.54) is 12.6 Å². The highest BCUT2D eigenvalue weighted by molar-refractivity contribution is 7.89. The van der Waals surface area contributed by atoms with E-state index in [0.717, 1.165) is 32.1 Å². The van der Waals surface area contributed by atoms with Crippen molar-refractivity contribution < 1.29 is 8.42 Å². The van der Waals surface area contributed by atoms with Crippen molar-refractivity contribution >= 4 is 15.8 Å². The van der Waals surface area contributed by atoms with E-state index in [2.05, 4.69) is 16.7 Å². The van der Waals surface area contributed by atoms with E-state index < -0.39 is 10.0 Å². The van der Waals surface area contributed by atoms with Crippen LogP contribution in [0.3, 0.4) is 0 Å². The van der Waals surface area contributed by atoms with E-state index in [9.17, 15) is 8.42 Å². The van der Waals surface area contributed by atoms with Crippen LogP contribution < -0.4 is 10.5 Å². The Morgan fingerprint density at radius 1 is 1.38 bits per heavy atom. The van der Waals surface area contributed by atoms with Gasteiger partial charge in [0.1, 0.15) is 4.90 Å². The molecule has 1 aromatic rings. The molecule has 2 atom stereocenters. The summed E-state index contributed by atoms with van der Waals surface area (Å²) in [5, 5.41) is 4.07. The normalized spacial score (nSPS) is 23.9. The second kappa shape index (κ2) is 6.79. The Morgan fingerprint density at radius 2 is 2.14 bits per heavy atom. The number of anilines is 1. The van der Waals surface area contributed by atoms with Crippen molar-refractivity contribution in [1.82, 2.24) is 14.5 Å². The van der Waals surface area contributed by atoms with Crippen molar-refractivity contribution in [3.8, 4) is 0 Å². The lowest BCUT2D eigenvalue weighted by Gasteiger charge is -2.16. The fourth-order valence-electron chi connectivity index (χ4n) is 2.86. The fourth-order valence-corrected chi connectivity index (χ4v) is 4.23. The summed E-state index contributed by atoms with van der Waals surface area (Å²) < 4.78 is 29.4. The van der Waals surface area contributed by atoms with Crippen LogP contribution in [0.25, 0.3) is 0 Å². The first-order valence-corrected chi connectivity index (χ1v) is 9.26. The predicted octanol–water partition coefficient (Wildman–Crippen LogP) is 2.12. The summed E-state index contributed by atoms with van der Waals surface area (Å²) in [5.41, 5.74) is 5.76. The number of aromatic nitrogens is 2. The summed E-state index contributed by atoms with van der Waals surface area (Å²) in [7, 11) is -3.58. The second-order valence-electron chi connectivity index (χ2n) is 6.07. The largest absolute Gasteiger partial charge is 0.381 e. The van der Waals surface area contributed by atoms with Crippen molar-refractivity contribution in [1.29, 1.82) is 0 Å². The molecule has 1 heterocycles. The summed E-state index contributed by atoms with van der Waals surface area (Å²) >= 11 is 0. The Balaban J connectivity index is 2.10. The minimum absolute atomic E-state index is 0.00822. The maximum absolute atomic E-state index is 12.5. The molecule has 0 radical (unpaired) electrons. The molecule has 3 N–H and O–H groups in total. The topological polar surface area (TPSA) is 90.0 Å². The molecule has 7 heteroatoms. The van der Waals surface area contributed by atoms with Crippen molar-refractivity contribution in [3.63, 3.8) is 0 Å². The minimum atomic E-state index is -3.58. The molecule has 0 saturated heterocycles. The standard InChI is InChI=1S/C14H26N4O2S/c1-3-9-18-10-13(14(15)16-18)21(19,20)17-12-6-4-5-11(2)7-8-12/h10-12,17H,3-9H2,1-2H3,(H2,15,16). The summed E-state index contributed by atoms with van der Waals surface area (Å²) in [5.74, 6) is 0.759. The van der Waals surface area contributed by atoms with Gasteiger partial charge in [-0.05, 0) is 31.6 Å². The number of nitrogens with one attached hydrogen (secondary N) is 1. The number of hydrogen-bond acceptors (Lipinski definition) is 4. The van der Waals surface area contributed by atoms with E-state index in [4.69, 9.17) is 5.73 Å². The molecule has 120 valence electrons. The number of sulfonamides is 1. The maximum atomic E-state index is 12.5. The average molecular weight is 314 g/mol. The number of aryl methyl sites for hydroxylation is 1. The highest BCUT2D eigenvalue weighted by Crippen LogP contribution is 2.24. The van der Waals surface area contributed by atoms with Gasteiger partial charge in [0.25, 0.3) is 0 Å². The smallest absolute Gasteiger partial charge is 0.246 e. The van der Waals surface area contributed by atoms with Crippen LogP contribution in [0.5, 0.6) is 0 Å². The molecule has 0 amide bonds. The number of hydrogen-bond donors (Lipinski definition) is 2. The lowest BCUT2D eigenvalue weighted by molar-refractivity contribution is 0.484.